The minimum atomic E-state index is -6.84. The van der Waals surface area contributed by atoms with Crippen LogP contribution in [0.25, 0.3) is 0 Å². The highest BCUT2D eigenvalue weighted by Gasteiger charge is 2.78. The zero-order chi connectivity index (χ0) is 21.0. The summed E-state index contributed by atoms with van der Waals surface area (Å²) in [6.45, 7) is 2.89. The van der Waals surface area contributed by atoms with Gasteiger partial charge in [-0.3, -0.25) is 4.79 Å². The number of nitrogens with zero attached hydrogens (tertiary/aromatic N) is 1. The number of nitrogens with one attached hydrogen (secondary N) is 1. The van der Waals surface area contributed by atoms with Crippen LogP contribution in [0.15, 0.2) is 0 Å². The molecule has 0 aromatic rings. The second kappa shape index (κ2) is 8.61. The van der Waals surface area contributed by atoms with Crippen molar-refractivity contribution in [2.45, 2.75) is 76.6 Å². The third-order valence-electron chi connectivity index (χ3n) is 3.36. The molecule has 0 rings (SSSR count). The Hall–Kier alpha value is -1.27. The van der Waals surface area contributed by atoms with E-state index in [1.165, 1.54) is 5.32 Å². The lowest BCUT2D eigenvalue weighted by molar-refractivity contribution is -0.444. The van der Waals surface area contributed by atoms with Gasteiger partial charge in [-0.1, -0.05) is 37.5 Å². The van der Waals surface area contributed by atoms with Gasteiger partial charge in [-0.25, -0.2) is 4.39 Å². The van der Waals surface area contributed by atoms with Crippen molar-refractivity contribution >= 4 is 5.91 Å². The smallest absolute Gasteiger partial charge is 0.349 e. The number of amides is 1. The summed E-state index contributed by atoms with van der Waals surface area (Å²) in [5, 5.41) is 1.25. The molecule has 0 aliphatic heterocycles. The van der Waals surface area contributed by atoms with E-state index in [-0.39, 0.29) is 6.42 Å². The van der Waals surface area contributed by atoms with Crippen LogP contribution in [0.1, 0.15) is 46.0 Å². The van der Waals surface area contributed by atoms with Gasteiger partial charge in [0.05, 0.1) is 0 Å². The lowest BCUT2D eigenvalue weighted by Crippen LogP contribution is -2.71. The molecule has 13 heteroatoms. The molecule has 0 saturated carbocycles. The average molecular weight is 408 g/mol. The second-order valence-electron chi connectivity index (χ2n) is 5.61. The molecule has 0 heterocycles. The molecule has 1 amide bonds. The van der Waals surface area contributed by atoms with Crippen molar-refractivity contribution in [2.75, 3.05) is 0 Å². The van der Waals surface area contributed by atoms with E-state index in [0.29, 0.717) is 12.8 Å². The fourth-order valence-corrected chi connectivity index (χ4v) is 2.12. The van der Waals surface area contributed by atoms with Gasteiger partial charge in [0, 0.05) is 6.04 Å². The maximum atomic E-state index is 14.1. The molecule has 0 radical (unpaired) electrons. The molecular weight excluding hydrogens is 390 g/mol. The van der Waals surface area contributed by atoms with Gasteiger partial charge in [-0.15, -0.1) is 0 Å². The Balaban J connectivity index is 5.63. The molecule has 0 bridgehead atoms. The van der Waals surface area contributed by atoms with Crippen molar-refractivity contribution in [1.82, 2.24) is 10.2 Å². The molecule has 26 heavy (non-hydrogen) atoms. The van der Waals surface area contributed by atoms with Crippen molar-refractivity contribution in [3.05, 3.63) is 0 Å². The highest BCUT2D eigenvalue weighted by Crippen LogP contribution is 2.48. The summed E-state index contributed by atoms with van der Waals surface area (Å²) in [4.78, 5) is 8.12. The normalized spacial score (nSPS) is 17.1. The van der Waals surface area contributed by atoms with E-state index >= 15 is 0 Å². The van der Waals surface area contributed by atoms with Crippen LogP contribution >= 0.6 is 0 Å². The van der Waals surface area contributed by atoms with E-state index < -0.39 is 41.4 Å². The molecule has 156 valence electrons. The van der Waals surface area contributed by atoms with Crippen LogP contribution in [0, 0.1) is 0 Å². The molecule has 2 atom stereocenters. The second-order valence-corrected chi connectivity index (χ2v) is 5.61. The van der Waals surface area contributed by atoms with E-state index in [1.54, 1.807) is 0 Å². The number of rotatable bonds is 8. The molecule has 0 aromatic carbocycles. The Morgan fingerprint density at radius 1 is 0.885 bits per heavy atom. The molecule has 0 spiro atoms. The fourth-order valence-electron chi connectivity index (χ4n) is 2.12. The molecule has 0 fully saturated rings. The number of unbranched alkanes of at least 4 members (excludes halogenated alkanes) is 3. The summed E-state index contributed by atoms with van der Waals surface area (Å²) in [6, 6.07) is -1.26. The van der Waals surface area contributed by atoms with Crippen LogP contribution in [0.3, 0.4) is 0 Å². The molecule has 3 nitrogen and oxygen atoms in total. The van der Waals surface area contributed by atoms with Crippen molar-refractivity contribution in [2.24, 2.45) is 0 Å². The third-order valence-corrected chi connectivity index (χ3v) is 3.36. The average Bonchev–Trinajstić information content (AvgIpc) is 2.38. The van der Waals surface area contributed by atoms with Crippen LogP contribution in [0.2, 0.25) is 0 Å². The summed E-state index contributed by atoms with van der Waals surface area (Å²) in [7, 11) is 0. The number of alkyl halides is 10. The third kappa shape index (κ3) is 6.16. The van der Waals surface area contributed by atoms with Gasteiger partial charge in [0.25, 0.3) is 5.91 Å². The molecule has 0 unspecified atom stereocenters. The first-order valence-electron chi connectivity index (χ1n) is 7.50. The summed E-state index contributed by atoms with van der Waals surface area (Å²) in [6.07, 6.45) is -18.1. The minimum absolute atomic E-state index is 0.0439. The molecule has 1 N–H and O–H groups in total. The van der Waals surface area contributed by atoms with E-state index in [1.807, 2.05) is 6.92 Å². The van der Waals surface area contributed by atoms with Crippen LogP contribution in [0.4, 0.5) is 43.9 Å². The molecular formula is C13H18F10N2O. The first kappa shape index (κ1) is 24.7. The van der Waals surface area contributed by atoms with Gasteiger partial charge in [-0.2, -0.15) is 39.5 Å². The maximum Gasteiger partial charge on any atom is 0.470 e. The minimum Gasteiger partial charge on any atom is -0.349 e. The Morgan fingerprint density at radius 2 is 1.35 bits per heavy atom. The zero-order valence-electron chi connectivity index (χ0n) is 13.7. The van der Waals surface area contributed by atoms with Gasteiger partial charge >= 0.3 is 24.6 Å². The Kier molecular flexibility index (Phi) is 8.19. The number of carbonyl (C=O) groups excluding carboxylic acids is 1. The van der Waals surface area contributed by atoms with Crippen molar-refractivity contribution < 1.29 is 48.7 Å². The molecule has 0 aliphatic rings. The molecule has 0 saturated heterocycles. The summed E-state index contributed by atoms with van der Waals surface area (Å²) in [5.41, 5.74) is 0. The summed E-state index contributed by atoms with van der Waals surface area (Å²) in [5.74, 6) is -9.44. The molecule has 0 aliphatic carbocycles. The SMILES string of the molecule is CCCCCC[C@@H](C)NC(=O)[C@](F)(N(C(F)(F)F)C(F)(F)F)C(F)(F)F. The van der Waals surface area contributed by atoms with Gasteiger partial charge in [0.2, 0.25) is 0 Å². The van der Waals surface area contributed by atoms with Gasteiger partial charge in [0.1, 0.15) is 0 Å². The Bertz CT molecular complexity index is 445. The fraction of sp³-hybridized carbons (Fsp3) is 0.923. The monoisotopic (exact) mass is 408 g/mol. The quantitative estimate of drug-likeness (QED) is 0.347. The largest absolute Gasteiger partial charge is 0.470 e. The summed E-state index contributed by atoms with van der Waals surface area (Å²) >= 11 is 0. The van der Waals surface area contributed by atoms with Crippen LogP contribution in [-0.2, 0) is 4.79 Å². The van der Waals surface area contributed by atoms with E-state index in [0.717, 1.165) is 19.8 Å². The van der Waals surface area contributed by atoms with E-state index in [9.17, 15) is 48.7 Å². The number of carbonyl (C=O) groups is 1. The van der Waals surface area contributed by atoms with Crippen LogP contribution < -0.4 is 5.32 Å². The Morgan fingerprint density at radius 3 is 1.69 bits per heavy atom. The Labute approximate surface area is 142 Å². The predicted octanol–water partition coefficient (Wildman–Crippen LogP) is 5.03. The lowest BCUT2D eigenvalue weighted by atomic mass is 10.1. The van der Waals surface area contributed by atoms with Crippen LogP contribution in [0.5, 0.6) is 0 Å². The highest BCUT2D eigenvalue weighted by atomic mass is 19.4. The lowest BCUT2D eigenvalue weighted by Gasteiger charge is -2.38. The first-order chi connectivity index (χ1) is 11.5. The molecule has 0 aromatic heterocycles. The topological polar surface area (TPSA) is 32.3 Å². The van der Waals surface area contributed by atoms with Crippen molar-refractivity contribution in [1.29, 1.82) is 0 Å². The highest BCUT2D eigenvalue weighted by molar-refractivity contribution is 5.86. The van der Waals surface area contributed by atoms with Crippen LogP contribution in [-0.4, -0.2) is 41.4 Å². The first-order valence-corrected chi connectivity index (χ1v) is 7.50. The van der Waals surface area contributed by atoms with Crippen molar-refractivity contribution in [3.63, 3.8) is 0 Å². The number of halogens is 10. The van der Waals surface area contributed by atoms with Gasteiger partial charge in [0.15, 0.2) is 0 Å². The van der Waals surface area contributed by atoms with Crippen molar-refractivity contribution in [3.8, 4) is 0 Å². The maximum absolute atomic E-state index is 14.1. The zero-order valence-corrected chi connectivity index (χ0v) is 13.7. The van der Waals surface area contributed by atoms with E-state index in [2.05, 4.69) is 0 Å². The predicted molar refractivity (Wildman–Crippen MR) is 70.2 cm³/mol. The van der Waals surface area contributed by atoms with Gasteiger partial charge in [-0.05, 0) is 13.3 Å². The standard InChI is InChI=1S/C13H18F10N2O/c1-3-4-5-6-7-8(2)24-9(26)10(14,11(15,16)17)25(12(18,19)20)13(21,22)23/h8H,3-7H2,1-2H3,(H,24,26)/t8-,10+/m1/s1. The number of hydrogen-bond acceptors (Lipinski definition) is 2. The van der Waals surface area contributed by atoms with Gasteiger partial charge < -0.3 is 5.32 Å². The van der Waals surface area contributed by atoms with E-state index in [4.69, 9.17) is 0 Å². The summed E-state index contributed by atoms with van der Waals surface area (Å²) < 4.78 is 128. The number of hydrogen-bond donors (Lipinski definition) is 1.